The number of fused-ring (bicyclic) bond motifs is 1. The third-order valence-electron chi connectivity index (χ3n) is 3.24. The number of likely N-dealkylation sites (tertiary alicyclic amines) is 1. The molecular weight excluding hydrogens is 200 g/mol. The van der Waals surface area contributed by atoms with Crippen molar-refractivity contribution in [3.8, 4) is 0 Å². The normalized spacial score (nSPS) is 36.5. The minimum atomic E-state index is 0. The third kappa shape index (κ3) is 2.70. The molecule has 2 nitrogen and oxygen atoms in total. The molecule has 0 spiro atoms. The number of rotatable bonds is 0. The van der Waals surface area contributed by atoms with Gasteiger partial charge in [0.1, 0.15) is 0 Å². The number of hydrogen-bond acceptors (Lipinski definition) is 2. The van der Waals surface area contributed by atoms with E-state index in [2.05, 4.69) is 24.2 Å². The van der Waals surface area contributed by atoms with Crippen LogP contribution in [0.25, 0.3) is 0 Å². The summed E-state index contributed by atoms with van der Waals surface area (Å²) in [4.78, 5) is 2.44. The molecule has 2 atom stereocenters. The maximum Gasteiger partial charge on any atom is 0.0174 e. The summed E-state index contributed by atoms with van der Waals surface area (Å²) in [6, 6.07) is 0.771. The minimum absolute atomic E-state index is 0. The van der Waals surface area contributed by atoms with E-state index in [1.54, 1.807) is 5.92 Å². The van der Waals surface area contributed by atoms with Crippen LogP contribution in [0.1, 0.15) is 19.8 Å². The maximum atomic E-state index is 3.62. The average molecular weight is 219 g/mol. The van der Waals surface area contributed by atoms with Crippen molar-refractivity contribution < 1.29 is 17.4 Å². The Morgan fingerprint density at radius 1 is 1.46 bits per heavy atom. The predicted molar refractivity (Wildman–Crippen MR) is 50.9 cm³/mol. The van der Waals surface area contributed by atoms with E-state index >= 15 is 0 Å². The fraction of sp³-hybridized carbons (Fsp3) is 0.900. The fourth-order valence-electron chi connectivity index (χ4n) is 2.46. The Morgan fingerprint density at radius 3 is 3.00 bits per heavy atom. The zero-order chi connectivity index (χ0) is 8.55. The van der Waals surface area contributed by atoms with Gasteiger partial charge in [-0.2, -0.15) is 13.3 Å². The van der Waals surface area contributed by atoms with E-state index in [0.717, 1.165) is 18.5 Å². The molecule has 76 valence electrons. The summed E-state index contributed by atoms with van der Waals surface area (Å²) in [7, 11) is 2.23. The van der Waals surface area contributed by atoms with E-state index in [4.69, 9.17) is 0 Å². The van der Waals surface area contributed by atoms with Gasteiger partial charge in [-0.1, -0.05) is 5.92 Å². The topological polar surface area (TPSA) is 15.3 Å². The van der Waals surface area contributed by atoms with Gasteiger partial charge in [0.15, 0.2) is 0 Å². The molecule has 13 heavy (non-hydrogen) atoms. The molecule has 0 aromatic heterocycles. The van der Waals surface area contributed by atoms with Gasteiger partial charge in [-0.15, -0.1) is 6.54 Å². The maximum absolute atomic E-state index is 3.62. The summed E-state index contributed by atoms with van der Waals surface area (Å²) >= 11 is 0. The molecule has 2 fully saturated rings. The molecule has 2 aliphatic rings. The van der Waals surface area contributed by atoms with Crippen LogP contribution in [0.4, 0.5) is 0 Å². The van der Waals surface area contributed by atoms with Gasteiger partial charge >= 0.3 is 0 Å². The number of nitrogens with one attached hydrogen (secondary N) is 1. The van der Waals surface area contributed by atoms with Crippen molar-refractivity contribution in [3.05, 3.63) is 5.92 Å². The molecule has 2 heterocycles. The van der Waals surface area contributed by atoms with Gasteiger partial charge in [0.2, 0.25) is 0 Å². The molecule has 0 bridgehead atoms. The zero-order valence-corrected chi connectivity index (χ0v) is 9.82. The van der Waals surface area contributed by atoms with E-state index < -0.39 is 0 Å². The molecule has 2 rings (SSSR count). The van der Waals surface area contributed by atoms with Gasteiger partial charge < -0.3 is 16.1 Å². The van der Waals surface area contributed by atoms with Crippen LogP contribution in [0.5, 0.6) is 0 Å². The predicted octanol–water partition coefficient (Wildman–Crippen LogP) is 0.892. The Labute approximate surface area is 92.2 Å². The molecule has 0 radical (unpaired) electrons. The van der Waals surface area contributed by atoms with Crippen LogP contribution in [-0.4, -0.2) is 37.6 Å². The van der Waals surface area contributed by atoms with Crippen molar-refractivity contribution in [2.24, 2.45) is 5.92 Å². The number of likely N-dealkylation sites (N-methyl/N-ethyl adjacent to an activating group) is 1. The summed E-state index contributed by atoms with van der Waals surface area (Å²) in [5.74, 6) is 2.57. The number of piperidine rings is 2. The van der Waals surface area contributed by atoms with Gasteiger partial charge in [-0.3, -0.25) is 0 Å². The first-order valence-electron chi connectivity index (χ1n) is 4.99. The first kappa shape index (κ1) is 11.5. The molecule has 1 N–H and O–H groups in total. The summed E-state index contributed by atoms with van der Waals surface area (Å²) in [6.45, 7) is 5.96. The van der Waals surface area contributed by atoms with Crippen molar-refractivity contribution >= 4 is 0 Å². The first-order chi connectivity index (χ1) is 5.75. The van der Waals surface area contributed by atoms with E-state index in [1.807, 2.05) is 0 Å². The molecule has 2 unspecified atom stereocenters. The molecule has 0 aromatic carbocycles. The van der Waals surface area contributed by atoms with E-state index in [9.17, 15) is 0 Å². The Kier molecular flexibility index (Phi) is 4.25. The number of nitrogens with zero attached hydrogens (tertiary/aromatic N) is 1. The minimum Gasteiger partial charge on any atom is -0.342 e. The monoisotopic (exact) mass is 219 g/mol. The summed E-state index contributed by atoms with van der Waals surface area (Å²) in [5, 5.41) is 3.62. The van der Waals surface area contributed by atoms with Crippen LogP contribution < -0.4 is 5.32 Å². The molecular formula is C10H19CrN2-. The van der Waals surface area contributed by atoms with Crippen LogP contribution in [0.15, 0.2) is 0 Å². The van der Waals surface area contributed by atoms with Crippen LogP contribution >= 0.6 is 0 Å². The van der Waals surface area contributed by atoms with Gasteiger partial charge in [0.25, 0.3) is 0 Å². The molecule has 0 amide bonds. The van der Waals surface area contributed by atoms with E-state index in [-0.39, 0.29) is 17.4 Å². The average Bonchev–Trinajstić information content (AvgIpc) is 2.05. The Morgan fingerprint density at radius 2 is 2.23 bits per heavy atom. The van der Waals surface area contributed by atoms with Crippen molar-refractivity contribution in [3.63, 3.8) is 0 Å². The summed E-state index contributed by atoms with van der Waals surface area (Å²) < 4.78 is 0. The van der Waals surface area contributed by atoms with Gasteiger partial charge in [-0.25, -0.2) is 0 Å². The number of hydrogen-bond donors (Lipinski definition) is 1. The van der Waals surface area contributed by atoms with Gasteiger partial charge in [-0.05, 0) is 20.0 Å². The first-order valence-corrected chi connectivity index (χ1v) is 4.99. The Hall–Kier alpha value is 0.452. The second kappa shape index (κ2) is 4.80. The van der Waals surface area contributed by atoms with Crippen molar-refractivity contribution in [1.82, 2.24) is 10.2 Å². The van der Waals surface area contributed by atoms with Crippen LogP contribution in [0.3, 0.4) is 0 Å². The molecule has 2 aliphatic heterocycles. The SMILES string of the molecule is C[C-]1CNC2CN(C)CCC2C1.[Cr]. The molecule has 0 aromatic rings. The standard InChI is InChI=1S/C10H19N2.Cr/c1-8-5-9-3-4-12(2)7-10(9)11-6-8;/h9-11H,3-7H2,1-2H3;/q-1;. The summed E-state index contributed by atoms with van der Waals surface area (Å²) in [6.07, 6.45) is 2.75. The van der Waals surface area contributed by atoms with Crippen molar-refractivity contribution in [1.29, 1.82) is 0 Å². The second-order valence-electron chi connectivity index (χ2n) is 4.46. The van der Waals surface area contributed by atoms with Crippen molar-refractivity contribution in [2.45, 2.75) is 25.8 Å². The Bertz CT molecular complexity index is 145. The molecule has 2 saturated heterocycles. The van der Waals surface area contributed by atoms with Crippen LogP contribution in [-0.2, 0) is 17.4 Å². The molecule has 0 saturated carbocycles. The quantitative estimate of drug-likeness (QED) is 0.609. The molecule has 0 aliphatic carbocycles. The zero-order valence-electron chi connectivity index (χ0n) is 8.55. The van der Waals surface area contributed by atoms with Crippen LogP contribution in [0.2, 0.25) is 0 Å². The third-order valence-corrected chi connectivity index (χ3v) is 3.24. The molecule has 3 heteroatoms. The smallest absolute Gasteiger partial charge is 0.0174 e. The van der Waals surface area contributed by atoms with E-state index in [1.165, 1.54) is 25.9 Å². The second-order valence-corrected chi connectivity index (χ2v) is 4.46. The van der Waals surface area contributed by atoms with Crippen molar-refractivity contribution in [2.75, 3.05) is 26.7 Å². The van der Waals surface area contributed by atoms with Gasteiger partial charge in [0, 0.05) is 29.9 Å². The summed E-state index contributed by atoms with van der Waals surface area (Å²) in [5.41, 5.74) is 0. The van der Waals surface area contributed by atoms with Crippen LogP contribution in [0, 0.1) is 11.8 Å². The fourth-order valence-corrected chi connectivity index (χ4v) is 2.46. The Balaban J connectivity index is 0.000000845. The largest absolute Gasteiger partial charge is 0.342 e. The van der Waals surface area contributed by atoms with Gasteiger partial charge in [0.05, 0.1) is 0 Å². The van der Waals surface area contributed by atoms with E-state index in [0.29, 0.717) is 0 Å².